The zero-order valence-electron chi connectivity index (χ0n) is 13.0. The highest BCUT2D eigenvalue weighted by Crippen LogP contribution is 2.21. The lowest BCUT2D eigenvalue weighted by Gasteiger charge is -2.03. The minimum atomic E-state index is -0.462. The van der Waals surface area contributed by atoms with Gasteiger partial charge in [0.15, 0.2) is 0 Å². The Labute approximate surface area is 146 Å². The van der Waals surface area contributed by atoms with Gasteiger partial charge in [-0.2, -0.15) is 0 Å². The number of aromatic nitrogens is 2. The molecule has 0 radical (unpaired) electrons. The van der Waals surface area contributed by atoms with Gasteiger partial charge in [0.2, 0.25) is 0 Å². The van der Waals surface area contributed by atoms with Crippen LogP contribution in [0.5, 0.6) is 0 Å². The quantitative estimate of drug-likeness (QED) is 0.591. The highest BCUT2D eigenvalue weighted by Gasteiger charge is 2.13. The monoisotopic (exact) mass is 351 g/mol. The molecule has 124 valence electrons. The minimum absolute atomic E-state index is 0.0522. The van der Waals surface area contributed by atoms with Crippen LogP contribution in [-0.2, 0) is 6.54 Å². The van der Waals surface area contributed by atoms with Crippen LogP contribution in [0.15, 0.2) is 64.0 Å². The summed E-state index contributed by atoms with van der Waals surface area (Å²) in [5, 5.41) is 3.53. The number of amides is 1. The third-order valence-electron chi connectivity index (χ3n) is 3.68. The summed E-state index contributed by atoms with van der Waals surface area (Å²) in [6.45, 7) is 0.275. The summed E-state index contributed by atoms with van der Waals surface area (Å²) in [6, 6.07) is 14.4. The van der Waals surface area contributed by atoms with Crippen molar-refractivity contribution in [1.29, 1.82) is 0 Å². The molecule has 1 aromatic carbocycles. The maximum absolute atomic E-state index is 12.3. The molecule has 0 aliphatic heterocycles. The van der Waals surface area contributed by atoms with Gasteiger partial charge >= 0.3 is 0 Å². The van der Waals surface area contributed by atoms with Gasteiger partial charge in [0, 0.05) is 0 Å². The van der Waals surface area contributed by atoms with Crippen LogP contribution in [0.4, 0.5) is 0 Å². The van der Waals surface area contributed by atoms with Crippen molar-refractivity contribution in [1.82, 2.24) is 15.3 Å². The molecule has 1 amide bonds. The van der Waals surface area contributed by atoms with E-state index in [1.54, 1.807) is 18.2 Å². The lowest BCUT2D eigenvalue weighted by molar-refractivity contribution is 0.0949. The molecular weight excluding hydrogens is 338 g/mol. The van der Waals surface area contributed by atoms with Gasteiger partial charge in [-0.25, -0.2) is 4.98 Å². The number of nitrogens with zero attached hydrogens (tertiary/aromatic N) is 1. The minimum Gasteiger partial charge on any atom is -0.463 e. The molecule has 6 nitrogen and oxygen atoms in total. The molecule has 0 spiro atoms. The first-order chi connectivity index (χ1) is 12.2. The summed E-state index contributed by atoms with van der Waals surface area (Å²) in [7, 11) is 0. The van der Waals surface area contributed by atoms with Crippen molar-refractivity contribution in [3.63, 3.8) is 0 Å². The number of H-pyrrole nitrogens is 1. The molecule has 4 rings (SSSR count). The second-order valence-corrected chi connectivity index (χ2v) is 6.47. The molecule has 0 atom stereocenters. The number of carbonyl (C=O) groups excluding carboxylic acids is 1. The molecule has 0 bridgehead atoms. The first kappa shape index (κ1) is 15.3. The van der Waals surface area contributed by atoms with E-state index in [4.69, 9.17) is 4.42 Å². The van der Waals surface area contributed by atoms with Gasteiger partial charge in [-0.3, -0.25) is 9.59 Å². The SMILES string of the molecule is O=C(NCc1nc2ccccc2s1)c1ccc(-c2ccco2)[nH]c1=O. The van der Waals surface area contributed by atoms with E-state index in [1.165, 1.54) is 23.7 Å². The molecule has 3 heterocycles. The molecule has 0 fully saturated rings. The van der Waals surface area contributed by atoms with Crippen LogP contribution in [0, 0.1) is 0 Å². The number of hydrogen-bond acceptors (Lipinski definition) is 5. The average Bonchev–Trinajstić information content (AvgIpc) is 3.28. The van der Waals surface area contributed by atoms with Crippen LogP contribution >= 0.6 is 11.3 Å². The van der Waals surface area contributed by atoms with Gasteiger partial charge in [0.1, 0.15) is 16.3 Å². The summed E-state index contributed by atoms with van der Waals surface area (Å²) in [6.07, 6.45) is 1.52. The molecule has 0 aliphatic rings. The van der Waals surface area contributed by atoms with E-state index in [2.05, 4.69) is 15.3 Å². The first-order valence-corrected chi connectivity index (χ1v) is 8.42. The highest BCUT2D eigenvalue weighted by atomic mass is 32.1. The Balaban J connectivity index is 1.50. The molecule has 25 heavy (non-hydrogen) atoms. The average molecular weight is 351 g/mol. The summed E-state index contributed by atoms with van der Waals surface area (Å²) in [5.74, 6) is 0.102. The third kappa shape index (κ3) is 3.09. The molecule has 0 saturated heterocycles. The standard InChI is InChI=1S/C18H13N3O3S/c22-17(19-10-16-20-13-4-1-2-6-15(13)25-16)11-7-8-12(21-18(11)23)14-5-3-9-24-14/h1-9H,10H2,(H,19,22)(H,21,23). The van der Waals surface area contributed by atoms with Crippen molar-refractivity contribution in [2.45, 2.75) is 6.54 Å². The number of aromatic amines is 1. The first-order valence-electron chi connectivity index (χ1n) is 7.60. The van der Waals surface area contributed by atoms with Gasteiger partial charge in [0.25, 0.3) is 11.5 Å². The predicted molar refractivity (Wildman–Crippen MR) is 95.6 cm³/mol. The zero-order valence-corrected chi connectivity index (χ0v) is 13.8. The number of hydrogen-bond donors (Lipinski definition) is 2. The van der Waals surface area contributed by atoms with Crippen molar-refractivity contribution < 1.29 is 9.21 Å². The van der Waals surface area contributed by atoms with Crippen LogP contribution in [0.2, 0.25) is 0 Å². The van der Waals surface area contributed by atoms with Gasteiger partial charge in [0.05, 0.1) is 28.7 Å². The predicted octanol–water partition coefficient (Wildman–Crippen LogP) is 3.17. The second kappa shape index (κ2) is 6.37. The lowest BCUT2D eigenvalue weighted by atomic mass is 10.2. The fraction of sp³-hybridized carbons (Fsp3) is 0.0556. The topological polar surface area (TPSA) is 88.0 Å². The van der Waals surface area contributed by atoms with Gasteiger partial charge in [-0.05, 0) is 36.4 Å². The van der Waals surface area contributed by atoms with E-state index in [-0.39, 0.29) is 12.1 Å². The van der Waals surface area contributed by atoms with Gasteiger partial charge < -0.3 is 14.7 Å². The summed E-state index contributed by atoms with van der Waals surface area (Å²) < 4.78 is 6.29. The van der Waals surface area contributed by atoms with Crippen LogP contribution in [0.25, 0.3) is 21.7 Å². The summed E-state index contributed by atoms with van der Waals surface area (Å²) in [4.78, 5) is 31.5. The smallest absolute Gasteiger partial charge is 0.261 e. The highest BCUT2D eigenvalue weighted by molar-refractivity contribution is 7.18. The Morgan fingerprint density at radius 1 is 1.16 bits per heavy atom. The zero-order chi connectivity index (χ0) is 17.2. The van der Waals surface area contributed by atoms with Crippen LogP contribution in [0.3, 0.4) is 0 Å². The van der Waals surface area contributed by atoms with Gasteiger partial charge in [-0.1, -0.05) is 12.1 Å². The molecule has 3 aromatic heterocycles. The molecule has 2 N–H and O–H groups in total. The Bertz CT molecular complexity index is 1060. The number of pyridine rings is 1. The third-order valence-corrected chi connectivity index (χ3v) is 4.72. The molecule has 0 unspecified atom stereocenters. The van der Waals surface area contributed by atoms with Crippen LogP contribution in [0.1, 0.15) is 15.4 Å². The number of furan rings is 1. The Morgan fingerprint density at radius 2 is 2.04 bits per heavy atom. The fourth-order valence-corrected chi connectivity index (χ4v) is 3.38. The van der Waals surface area contributed by atoms with Crippen molar-refractivity contribution in [3.8, 4) is 11.5 Å². The maximum atomic E-state index is 12.3. The van der Waals surface area contributed by atoms with E-state index in [9.17, 15) is 9.59 Å². The van der Waals surface area contributed by atoms with Crippen LogP contribution in [-0.4, -0.2) is 15.9 Å². The van der Waals surface area contributed by atoms with Gasteiger partial charge in [-0.15, -0.1) is 11.3 Å². The van der Waals surface area contributed by atoms with E-state index in [0.29, 0.717) is 11.5 Å². The number of fused-ring (bicyclic) bond motifs is 1. The lowest BCUT2D eigenvalue weighted by Crippen LogP contribution is -2.29. The van der Waals surface area contributed by atoms with Crippen molar-refractivity contribution in [2.24, 2.45) is 0 Å². The molecule has 7 heteroatoms. The summed E-state index contributed by atoms with van der Waals surface area (Å²) >= 11 is 1.52. The van der Waals surface area contributed by atoms with Crippen molar-refractivity contribution in [3.05, 3.63) is 75.7 Å². The Kier molecular flexibility index (Phi) is 3.91. The Morgan fingerprint density at radius 3 is 2.80 bits per heavy atom. The number of carbonyl (C=O) groups is 1. The van der Waals surface area contributed by atoms with E-state index in [1.807, 2.05) is 24.3 Å². The Hall–Kier alpha value is -3.19. The van der Waals surface area contributed by atoms with Crippen LogP contribution < -0.4 is 10.9 Å². The number of para-hydroxylation sites is 1. The molecule has 0 aliphatic carbocycles. The fourth-order valence-electron chi connectivity index (χ4n) is 2.47. The molecule has 0 saturated carbocycles. The maximum Gasteiger partial charge on any atom is 0.261 e. The number of thiazole rings is 1. The van der Waals surface area contributed by atoms with E-state index in [0.717, 1.165) is 15.2 Å². The van der Waals surface area contributed by atoms with E-state index < -0.39 is 11.5 Å². The van der Waals surface area contributed by atoms with E-state index >= 15 is 0 Å². The van der Waals surface area contributed by atoms with Crippen molar-refractivity contribution >= 4 is 27.5 Å². The van der Waals surface area contributed by atoms with Crippen molar-refractivity contribution in [2.75, 3.05) is 0 Å². The summed E-state index contributed by atoms with van der Waals surface area (Å²) in [5.41, 5.74) is 1.02. The molecular formula is C18H13N3O3S. The largest absolute Gasteiger partial charge is 0.463 e. The second-order valence-electron chi connectivity index (χ2n) is 5.35. The normalized spacial score (nSPS) is 10.9. The molecule has 4 aromatic rings. The number of benzene rings is 1. The number of rotatable bonds is 4. The number of nitrogens with one attached hydrogen (secondary N) is 2.